The van der Waals surface area contributed by atoms with Crippen molar-refractivity contribution in [2.75, 3.05) is 26.7 Å². The molecule has 1 aromatic carbocycles. The number of hydrogen-bond acceptors (Lipinski definition) is 8. The zero-order valence-electron chi connectivity index (χ0n) is 13.0. The maximum absolute atomic E-state index is 10.6. The smallest absolute Gasteiger partial charge is 0.269 e. The third-order valence-corrected chi connectivity index (χ3v) is 3.70. The highest BCUT2D eigenvalue weighted by atomic mass is 35.5. The van der Waals surface area contributed by atoms with Crippen molar-refractivity contribution < 1.29 is 14.2 Å². The summed E-state index contributed by atoms with van der Waals surface area (Å²) in [6.07, 6.45) is 0. The Morgan fingerprint density at radius 1 is 1.46 bits per heavy atom. The van der Waals surface area contributed by atoms with Crippen molar-refractivity contribution in [1.82, 2.24) is 20.4 Å². The van der Waals surface area contributed by atoms with Crippen molar-refractivity contribution in [2.24, 2.45) is 0 Å². The molecule has 0 amide bonds. The summed E-state index contributed by atoms with van der Waals surface area (Å²) in [6.45, 7) is 2.77. The third-order valence-electron chi connectivity index (χ3n) is 3.70. The molecule has 0 radical (unpaired) electrons. The van der Waals surface area contributed by atoms with Crippen LogP contribution in [-0.2, 0) is 6.61 Å². The van der Waals surface area contributed by atoms with E-state index in [1.807, 2.05) is 7.05 Å². The fourth-order valence-electron chi connectivity index (χ4n) is 2.37. The van der Waals surface area contributed by atoms with E-state index in [1.54, 1.807) is 0 Å². The third kappa shape index (κ3) is 4.19. The molecule has 10 heteroatoms. The average molecular weight is 356 g/mol. The van der Waals surface area contributed by atoms with Crippen molar-refractivity contribution in [2.45, 2.75) is 12.6 Å². The van der Waals surface area contributed by atoms with Crippen LogP contribution in [-0.4, -0.2) is 46.6 Å². The summed E-state index contributed by atoms with van der Waals surface area (Å²) in [5.41, 5.74) is 0.0188. The van der Waals surface area contributed by atoms with Gasteiger partial charge in [0, 0.05) is 31.8 Å². The molecule has 2 heterocycles. The SMILES string of the molecule is CN1CCNCC1c1noc(COc2ccc([N+](=O)[O-])cc2)n1.Cl. The number of likely N-dealkylation sites (N-methyl/N-ethyl adjacent to an activating group) is 1. The van der Waals surface area contributed by atoms with E-state index in [2.05, 4.69) is 20.4 Å². The van der Waals surface area contributed by atoms with Gasteiger partial charge in [0.2, 0.25) is 0 Å². The van der Waals surface area contributed by atoms with Crippen LogP contribution in [0, 0.1) is 10.1 Å². The van der Waals surface area contributed by atoms with Crippen molar-refractivity contribution in [3.63, 3.8) is 0 Å². The Morgan fingerprint density at radius 2 is 2.21 bits per heavy atom. The highest BCUT2D eigenvalue weighted by molar-refractivity contribution is 5.85. The average Bonchev–Trinajstić information content (AvgIpc) is 3.02. The minimum absolute atomic E-state index is 0. The number of aromatic nitrogens is 2. The normalized spacial score (nSPS) is 18.0. The highest BCUT2D eigenvalue weighted by Crippen LogP contribution is 2.20. The largest absolute Gasteiger partial charge is 0.484 e. The number of halogens is 1. The Balaban J connectivity index is 0.00000208. The molecule has 2 aromatic rings. The zero-order valence-corrected chi connectivity index (χ0v) is 13.9. The molecular weight excluding hydrogens is 338 g/mol. The number of nitro groups is 1. The summed E-state index contributed by atoms with van der Waals surface area (Å²) >= 11 is 0. The van der Waals surface area contributed by atoms with E-state index in [4.69, 9.17) is 9.26 Å². The molecule has 1 N–H and O–H groups in total. The molecule has 1 aliphatic heterocycles. The maximum atomic E-state index is 10.6. The zero-order chi connectivity index (χ0) is 16.2. The van der Waals surface area contributed by atoms with Crippen LogP contribution >= 0.6 is 12.4 Å². The lowest BCUT2D eigenvalue weighted by Gasteiger charge is -2.30. The van der Waals surface area contributed by atoms with Crippen LogP contribution in [0.2, 0.25) is 0 Å². The van der Waals surface area contributed by atoms with Crippen molar-refractivity contribution >= 4 is 18.1 Å². The second-order valence-electron chi connectivity index (χ2n) is 5.29. The van der Waals surface area contributed by atoms with Crippen molar-refractivity contribution in [3.05, 3.63) is 46.1 Å². The van der Waals surface area contributed by atoms with Gasteiger partial charge in [-0.2, -0.15) is 4.98 Å². The van der Waals surface area contributed by atoms with E-state index in [9.17, 15) is 10.1 Å². The molecule has 0 spiro atoms. The number of hydrogen-bond donors (Lipinski definition) is 1. The number of piperazine rings is 1. The van der Waals surface area contributed by atoms with Gasteiger partial charge < -0.3 is 14.6 Å². The molecule has 1 saturated heterocycles. The summed E-state index contributed by atoms with van der Waals surface area (Å²) in [5, 5.41) is 17.9. The van der Waals surface area contributed by atoms with Gasteiger partial charge in [-0.05, 0) is 19.2 Å². The van der Waals surface area contributed by atoms with Crippen LogP contribution in [0.25, 0.3) is 0 Å². The molecule has 1 fully saturated rings. The number of nitrogens with one attached hydrogen (secondary N) is 1. The number of rotatable bonds is 5. The summed E-state index contributed by atoms with van der Waals surface area (Å²) < 4.78 is 10.7. The molecule has 1 aliphatic rings. The van der Waals surface area contributed by atoms with Crippen LogP contribution in [0.4, 0.5) is 5.69 Å². The van der Waals surface area contributed by atoms with Crippen molar-refractivity contribution in [1.29, 1.82) is 0 Å². The van der Waals surface area contributed by atoms with Gasteiger partial charge in [-0.15, -0.1) is 12.4 Å². The Bertz CT molecular complexity index is 678. The quantitative estimate of drug-likeness (QED) is 0.636. The molecule has 1 aromatic heterocycles. The van der Waals surface area contributed by atoms with Gasteiger partial charge in [0.25, 0.3) is 11.6 Å². The maximum Gasteiger partial charge on any atom is 0.269 e. The van der Waals surface area contributed by atoms with E-state index in [0.717, 1.165) is 19.6 Å². The Labute approximate surface area is 144 Å². The van der Waals surface area contributed by atoms with Gasteiger partial charge in [0.15, 0.2) is 12.4 Å². The second-order valence-corrected chi connectivity index (χ2v) is 5.29. The van der Waals surface area contributed by atoms with Gasteiger partial charge in [-0.1, -0.05) is 5.16 Å². The van der Waals surface area contributed by atoms with E-state index < -0.39 is 4.92 Å². The monoisotopic (exact) mass is 355 g/mol. The summed E-state index contributed by atoms with van der Waals surface area (Å²) in [4.78, 5) is 16.7. The van der Waals surface area contributed by atoms with E-state index in [-0.39, 0.29) is 30.7 Å². The van der Waals surface area contributed by atoms with Crippen LogP contribution < -0.4 is 10.1 Å². The Kier molecular flexibility index (Phi) is 6.07. The molecule has 0 saturated carbocycles. The number of ether oxygens (including phenoxy) is 1. The first-order valence-electron chi connectivity index (χ1n) is 7.24. The predicted molar refractivity (Wildman–Crippen MR) is 87.2 cm³/mol. The fraction of sp³-hybridized carbons (Fsp3) is 0.429. The highest BCUT2D eigenvalue weighted by Gasteiger charge is 2.25. The molecule has 0 aliphatic carbocycles. The topological polar surface area (TPSA) is 107 Å². The summed E-state index contributed by atoms with van der Waals surface area (Å²) in [5.74, 6) is 1.51. The van der Waals surface area contributed by atoms with Gasteiger partial charge in [-0.25, -0.2) is 0 Å². The summed E-state index contributed by atoms with van der Waals surface area (Å²) in [7, 11) is 2.02. The molecule has 1 atom stereocenters. The van der Waals surface area contributed by atoms with Crippen molar-refractivity contribution in [3.8, 4) is 5.75 Å². The lowest BCUT2D eigenvalue weighted by Crippen LogP contribution is -2.44. The van der Waals surface area contributed by atoms with Crippen LogP contribution in [0.1, 0.15) is 17.8 Å². The minimum atomic E-state index is -0.456. The van der Waals surface area contributed by atoms with Crippen LogP contribution in [0.5, 0.6) is 5.75 Å². The Morgan fingerprint density at radius 3 is 2.88 bits per heavy atom. The van der Waals surface area contributed by atoms with E-state index in [0.29, 0.717) is 17.5 Å². The first-order chi connectivity index (χ1) is 11.1. The molecule has 0 bridgehead atoms. The van der Waals surface area contributed by atoms with Gasteiger partial charge in [0.1, 0.15) is 5.75 Å². The number of non-ortho nitro benzene ring substituents is 1. The predicted octanol–water partition coefficient (Wildman–Crippen LogP) is 1.55. The van der Waals surface area contributed by atoms with E-state index >= 15 is 0 Å². The minimum Gasteiger partial charge on any atom is -0.484 e. The molecule has 9 nitrogen and oxygen atoms in total. The fourth-order valence-corrected chi connectivity index (χ4v) is 2.37. The Hall–Kier alpha value is -2.23. The number of benzene rings is 1. The molecule has 3 rings (SSSR count). The van der Waals surface area contributed by atoms with Crippen LogP contribution in [0.15, 0.2) is 28.8 Å². The first kappa shape index (κ1) is 18.1. The number of nitro benzene ring substituents is 1. The second kappa shape index (κ2) is 8.04. The first-order valence-corrected chi connectivity index (χ1v) is 7.24. The lowest BCUT2D eigenvalue weighted by molar-refractivity contribution is -0.384. The molecule has 130 valence electrons. The molecule has 1 unspecified atom stereocenters. The van der Waals surface area contributed by atoms with Gasteiger partial charge in [0.05, 0.1) is 11.0 Å². The molecular formula is C14H18ClN5O4. The standard InChI is InChI=1S/C14H17N5O4.ClH/c1-18-7-6-15-8-12(18)14-16-13(23-17-14)9-22-11-4-2-10(3-5-11)19(20)21;/h2-5,12,15H,6-9H2,1H3;1H. The van der Waals surface area contributed by atoms with Gasteiger partial charge in [-0.3, -0.25) is 15.0 Å². The summed E-state index contributed by atoms with van der Waals surface area (Å²) in [6, 6.07) is 5.93. The van der Waals surface area contributed by atoms with Crippen LogP contribution in [0.3, 0.4) is 0 Å². The lowest BCUT2D eigenvalue weighted by atomic mass is 10.2. The molecule has 24 heavy (non-hydrogen) atoms. The van der Waals surface area contributed by atoms with E-state index in [1.165, 1.54) is 24.3 Å². The number of nitrogens with zero attached hydrogens (tertiary/aromatic N) is 4. The van der Waals surface area contributed by atoms with Gasteiger partial charge >= 0.3 is 0 Å².